The minimum Gasteiger partial charge on any atom is -0.497 e. The normalized spacial score (nSPS) is 13.7. The number of alkyl carbamates (subject to hydrolysis) is 1. The smallest absolute Gasteiger partial charge is 0.408 e. The van der Waals surface area contributed by atoms with E-state index in [1.165, 1.54) is 0 Å². The largest absolute Gasteiger partial charge is 0.497 e. The van der Waals surface area contributed by atoms with Gasteiger partial charge in [0.05, 0.1) is 19.1 Å². The summed E-state index contributed by atoms with van der Waals surface area (Å²) in [5, 5.41) is 12.3. The van der Waals surface area contributed by atoms with Crippen molar-refractivity contribution in [3.05, 3.63) is 29.8 Å². The van der Waals surface area contributed by atoms with E-state index in [2.05, 4.69) is 5.32 Å². The fraction of sp³-hybridized carbons (Fsp3) is 0.556. The zero-order chi connectivity index (χ0) is 18.3. The molecule has 1 amide bonds. The molecule has 0 saturated carbocycles. The number of carboxylic acids is 1. The molecule has 0 unspecified atom stereocenters. The van der Waals surface area contributed by atoms with Crippen molar-refractivity contribution in [2.75, 3.05) is 7.11 Å². The summed E-state index contributed by atoms with van der Waals surface area (Å²) in [4.78, 5) is 23.8. The molecule has 1 rings (SSSR count). The minimum atomic E-state index is -0.950. The van der Waals surface area contributed by atoms with Gasteiger partial charge in [0.25, 0.3) is 0 Å². The van der Waals surface area contributed by atoms with E-state index in [0.29, 0.717) is 24.2 Å². The van der Waals surface area contributed by atoms with Crippen molar-refractivity contribution in [2.24, 2.45) is 5.92 Å². The monoisotopic (exact) mass is 337 g/mol. The highest BCUT2D eigenvalue weighted by Crippen LogP contribution is 2.28. The van der Waals surface area contributed by atoms with Crippen LogP contribution in [0.5, 0.6) is 5.75 Å². The summed E-state index contributed by atoms with van der Waals surface area (Å²) >= 11 is 0. The number of aliphatic carboxylic acids is 1. The first-order valence-corrected chi connectivity index (χ1v) is 8.04. The van der Waals surface area contributed by atoms with E-state index in [4.69, 9.17) is 9.47 Å². The molecular weight excluding hydrogens is 310 g/mol. The number of carbonyl (C=O) groups is 2. The van der Waals surface area contributed by atoms with Crippen LogP contribution in [0.3, 0.4) is 0 Å². The lowest BCUT2D eigenvalue weighted by molar-refractivity contribution is -0.143. The Morgan fingerprint density at radius 1 is 1.21 bits per heavy atom. The summed E-state index contributed by atoms with van der Waals surface area (Å²) in [6.07, 6.45) is 0.507. The molecule has 0 aliphatic rings. The van der Waals surface area contributed by atoms with E-state index >= 15 is 0 Å². The molecule has 0 bridgehead atoms. The molecule has 1 aromatic carbocycles. The van der Waals surface area contributed by atoms with Crippen LogP contribution in [0.2, 0.25) is 0 Å². The molecule has 0 aliphatic heterocycles. The lowest BCUT2D eigenvalue weighted by Crippen LogP contribution is -2.40. The van der Waals surface area contributed by atoms with Gasteiger partial charge < -0.3 is 19.9 Å². The average Bonchev–Trinajstić information content (AvgIpc) is 2.49. The van der Waals surface area contributed by atoms with Gasteiger partial charge in [0.15, 0.2) is 0 Å². The zero-order valence-corrected chi connectivity index (χ0v) is 15.0. The van der Waals surface area contributed by atoms with Gasteiger partial charge in [-0.2, -0.15) is 0 Å². The Hall–Kier alpha value is -2.24. The number of benzene rings is 1. The Morgan fingerprint density at radius 2 is 1.79 bits per heavy atom. The highest BCUT2D eigenvalue weighted by Gasteiger charge is 2.31. The van der Waals surface area contributed by atoms with Gasteiger partial charge >= 0.3 is 12.1 Å². The molecule has 6 heteroatoms. The molecule has 0 radical (unpaired) electrons. The number of carboxylic acid groups (broad SMARTS) is 1. The van der Waals surface area contributed by atoms with Gasteiger partial charge in [0.1, 0.15) is 11.4 Å². The first kappa shape index (κ1) is 19.8. The molecule has 0 aliphatic carbocycles. The van der Waals surface area contributed by atoms with Crippen LogP contribution in [0.1, 0.15) is 52.1 Å². The summed E-state index contributed by atoms with van der Waals surface area (Å²) in [6, 6.07) is 6.32. The number of hydrogen-bond acceptors (Lipinski definition) is 4. The number of methoxy groups -OCH3 is 1. The zero-order valence-electron chi connectivity index (χ0n) is 15.0. The molecule has 0 spiro atoms. The van der Waals surface area contributed by atoms with Crippen LogP contribution in [0.15, 0.2) is 24.3 Å². The minimum absolute atomic E-state index is 0.446. The summed E-state index contributed by atoms with van der Waals surface area (Å²) in [5.74, 6) is -1.03. The predicted molar refractivity (Wildman–Crippen MR) is 91.1 cm³/mol. The third kappa shape index (κ3) is 6.10. The molecule has 1 aromatic rings. The van der Waals surface area contributed by atoms with Crippen LogP contribution in [-0.2, 0) is 9.53 Å². The lowest BCUT2D eigenvalue weighted by atomic mass is 9.89. The van der Waals surface area contributed by atoms with Gasteiger partial charge in [-0.3, -0.25) is 4.79 Å². The van der Waals surface area contributed by atoms with Gasteiger partial charge in [-0.05, 0) is 44.9 Å². The van der Waals surface area contributed by atoms with Crippen LogP contribution in [0, 0.1) is 5.92 Å². The third-order valence-corrected chi connectivity index (χ3v) is 3.47. The Morgan fingerprint density at radius 3 is 2.21 bits per heavy atom. The van der Waals surface area contributed by atoms with E-state index in [0.717, 1.165) is 0 Å². The Balaban J connectivity index is 3.09. The van der Waals surface area contributed by atoms with Crippen molar-refractivity contribution < 1.29 is 24.2 Å². The van der Waals surface area contributed by atoms with Gasteiger partial charge in [0.2, 0.25) is 0 Å². The van der Waals surface area contributed by atoms with Crippen molar-refractivity contribution in [3.8, 4) is 5.75 Å². The topological polar surface area (TPSA) is 84.9 Å². The molecule has 0 saturated heterocycles. The Bertz CT molecular complexity index is 548. The predicted octanol–water partition coefficient (Wildman–Crippen LogP) is 3.76. The molecule has 0 aromatic heterocycles. The highest BCUT2D eigenvalue weighted by molar-refractivity contribution is 5.74. The average molecular weight is 337 g/mol. The van der Waals surface area contributed by atoms with Crippen molar-refractivity contribution in [2.45, 2.75) is 52.2 Å². The molecule has 6 nitrogen and oxygen atoms in total. The second kappa shape index (κ2) is 8.57. The van der Waals surface area contributed by atoms with Crippen molar-refractivity contribution in [1.82, 2.24) is 5.32 Å². The number of carbonyl (C=O) groups excluding carboxylic acids is 1. The quantitative estimate of drug-likeness (QED) is 0.791. The second-order valence-electron chi connectivity index (χ2n) is 6.63. The van der Waals surface area contributed by atoms with Gasteiger partial charge in [-0.15, -0.1) is 0 Å². The number of amides is 1. The Kier molecular flexibility index (Phi) is 7.07. The first-order chi connectivity index (χ1) is 11.2. The van der Waals surface area contributed by atoms with Crippen LogP contribution in [-0.4, -0.2) is 29.9 Å². The van der Waals surface area contributed by atoms with Gasteiger partial charge in [-0.25, -0.2) is 4.79 Å². The molecule has 24 heavy (non-hydrogen) atoms. The van der Waals surface area contributed by atoms with Crippen LogP contribution < -0.4 is 10.1 Å². The fourth-order valence-electron chi connectivity index (χ4n) is 2.41. The molecule has 134 valence electrons. The number of rotatable bonds is 7. The number of nitrogens with one attached hydrogen (secondary N) is 1. The van der Waals surface area contributed by atoms with Gasteiger partial charge in [-0.1, -0.05) is 25.5 Å². The Labute approximate surface area is 143 Å². The van der Waals surface area contributed by atoms with E-state index < -0.39 is 29.6 Å². The number of hydrogen-bond donors (Lipinski definition) is 2. The SMILES string of the molecule is CCC[C@@H](C(=O)O)[C@@H](NC(=O)OC(C)(C)C)c1ccc(OC)cc1. The maximum atomic E-state index is 12.1. The summed E-state index contributed by atoms with van der Waals surface area (Å²) in [5.41, 5.74) is 0.0420. The van der Waals surface area contributed by atoms with Crippen molar-refractivity contribution >= 4 is 12.1 Å². The third-order valence-electron chi connectivity index (χ3n) is 3.47. The lowest BCUT2D eigenvalue weighted by Gasteiger charge is -2.27. The van der Waals surface area contributed by atoms with E-state index in [1.54, 1.807) is 52.1 Å². The molecule has 2 atom stereocenters. The van der Waals surface area contributed by atoms with Gasteiger partial charge in [0, 0.05) is 0 Å². The first-order valence-electron chi connectivity index (χ1n) is 8.04. The molecule has 2 N–H and O–H groups in total. The summed E-state index contributed by atoms with van der Waals surface area (Å²) in [7, 11) is 1.56. The van der Waals surface area contributed by atoms with Crippen LogP contribution in [0.25, 0.3) is 0 Å². The second-order valence-corrected chi connectivity index (χ2v) is 6.63. The maximum absolute atomic E-state index is 12.1. The highest BCUT2D eigenvalue weighted by atomic mass is 16.6. The molecular formula is C18H27NO5. The molecule has 0 fully saturated rings. The van der Waals surface area contributed by atoms with E-state index in [-0.39, 0.29) is 0 Å². The van der Waals surface area contributed by atoms with E-state index in [1.807, 2.05) is 6.92 Å². The van der Waals surface area contributed by atoms with Crippen molar-refractivity contribution in [3.63, 3.8) is 0 Å². The van der Waals surface area contributed by atoms with Crippen LogP contribution in [0.4, 0.5) is 4.79 Å². The van der Waals surface area contributed by atoms with E-state index in [9.17, 15) is 14.7 Å². The molecule has 0 heterocycles. The van der Waals surface area contributed by atoms with Crippen LogP contribution >= 0.6 is 0 Å². The fourth-order valence-corrected chi connectivity index (χ4v) is 2.41. The maximum Gasteiger partial charge on any atom is 0.408 e. The summed E-state index contributed by atoms with van der Waals surface area (Å²) in [6.45, 7) is 7.19. The number of ether oxygens (including phenoxy) is 2. The summed E-state index contributed by atoms with van der Waals surface area (Å²) < 4.78 is 10.4. The standard InChI is InChI=1S/C18H27NO5/c1-6-7-14(16(20)21)15(19-17(22)24-18(2,3)4)12-8-10-13(23-5)11-9-12/h8-11,14-15H,6-7H2,1-5H3,(H,19,22)(H,20,21)/t14-,15+/m1/s1. The van der Waals surface area contributed by atoms with Crippen molar-refractivity contribution in [1.29, 1.82) is 0 Å².